The Morgan fingerprint density at radius 3 is 2.86 bits per heavy atom. The minimum atomic E-state index is -0.545. The number of benzene rings is 1. The van der Waals surface area contributed by atoms with Crippen molar-refractivity contribution in [2.45, 2.75) is 18.9 Å². The molecular weight excluding hydrogens is 342 g/mol. The highest BCUT2D eigenvalue weighted by Gasteiger charge is 2.25. The van der Waals surface area contributed by atoms with Crippen LogP contribution in [0.25, 0.3) is 0 Å². The first kappa shape index (κ1) is 15.4. The zero-order valence-corrected chi connectivity index (χ0v) is 12.9. The molecule has 7 nitrogen and oxygen atoms in total. The largest absolute Gasteiger partial charge is 0.347 e. The summed E-state index contributed by atoms with van der Waals surface area (Å²) in [6, 6.07) is 3.89. The molecule has 1 unspecified atom stereocenters. The molecule has 0 bridgehead atoms. The molecule has 112 valence electrons. The van der Waals surface area contributed by atoms with Crippen LogP contribution in [0.15, 0.2) is 22.7 Å². The van der Waals surface area contributed by atoms with E-state index < -0.39 is 10.8 Å². The van der Waals surface area contributed by atoms with Gasteiger partial charge in [-0.2, -0.15) is 0 Å². The van der Waals surface area contributed by atoms with Gasteiger partial charge in [0.05, 0.1) is 10.5 Å². The Kier molecular flexibility index (Phi) is 4.56. The van der Waals surface area contributed by atoms with Crippen LogP contribution in [0.3, 0.4) is 0 Å². The lowest BCUT2D eigenvalue weighted by Crippen LogP contribution is -2.48. The lowest BCUT2D eigenvalue weighted by atomic mass is 10.0. The summed E-state index contributed by atoms with van der Waals surface area (Å²) in [5.41, 5.74) is 0.0723. The van der Waals surface area contributed by atoms with Gasteiger partial charge in [-0.15, -0.1) is 0 Å². The zero-order chi connectivity index (χ0) is 15.6. The highest BCUT2D eigenvalue weighted by Crippen LogP contribution is 2.23. The van der Waals surface area contributed by atoms with Crippen molar-refractivity contribution < 1.29 is 14.5 Å². The Labute approximate surface area is 129 Å². The van der Waals surface area contributed by atoms with Crippen LogP contribution in [0.5, 0.6) is 0 Å². The molecular formula is C13H14BrN3O4. The van der Waals surface area contributed by atoms with E-state index in [2.05, 4.69) is 21.2 Å². The third-order valence-electron chi connectivity index (χ3n) is 3.37. The monoisotopic (exact) mass is 355 g/mol. The number of carbonyl (C=O) groups excluding carboxylic acids is 2. The number of amides is 2. The van der Waals surface area contributed by atoms with Crippen molar-refractivity contribution in [3.05, 3.63) is 38.3 Å². The van der Waals surface area contributed by atoms with E-state index in [1.54, 1.807) is 11.9 Å². The first-order valence-corrected chi connectivity index (χ1v) is 7.16. The molecule has 0 aromatic heterocycles. The number of carbonyl (C=O) groups is 2. The summed E-state index contributed by atoms with van der Waals surface area (Å²) >= 11 is 3.22. The molecule has 1 atom stereocenters. The highest BCUT2D eigenvalue weighted by molar-refractivity contribution is 9.10. The highest BCUT2D eigenvalue weighted by atomic mass is 79.9. The molecule has 1 aliphatic heterocycles. The Morgan fingerprint density at radius 2 is 2.24 bits per heavy atom. The van der Waals surface area contributed by atoms with E-state index in [0.717, 1.165) is 0 Å². The summed E-state index contributed by atoms with van der Waals surface area (Å²) in [6.07, 6.45) is 0.957. The number of hydrogen-bond donors (Lipinski definition) is 1. The number of rotatable bonds is 3. The van der Waals surface area contributed by atoms with Crippen molar-refractivity contribution in [1.82, 2.24) is 10.2 Å². The number of non-ortho nitro benzene ring substituents is 1. The number of nitro benzene ring substituents is 1. The number of likely N-dealkylation sites (tertiary alicyclic amines) is 1. The smallest absolute Gasteiger partial charge is 0.270 e. The van der Waals surface area contributed by atoms with E-state index in [1.807, 2.05) is 0 Å². The van der Waals surface area contributed by atoms with Crippen molar-refractivity contribution in [2.75, 3.05) is 13.6 Å². The summed E-state index contributed by atoms with van der Waals surface area (Å²) in [6.45, 7) is 0.442. The van der Waals surface area contributed by atoms with Gasteiger partial charge in [0.15, 0.2) is 0 Å². The molecule has 0 spiro atoms. The van der Waals surface area contributed by atoms with Crippen LogP contribution in [0.2, 0.25) is 0 Å². The minimum absolute atomic E-state index is 0.0528. The summed E-state index contributed by atoms with van der Waals surface area (Å²) in [5, 5.41) is 13.6. The second kappa shape index (κ2) is 6.21. The van der Waals surface area contributed by atoms with Gasteiger partial charge in [0.25, 0.3) is 11.6 Å². The molecule has 2 amide bonds. The van der Waals surface area contributed by atoms with E-state index >= 15 is 0 Å². The predicted octanol–water partition coefficient (Wildman–Crippen LogP) is 1.71. The van der Waals surface area contributed by atoms with Gasteiger partial charge in [-0.1, -0.05) is 0 Å². The fourth-order valence-electron chi connectivity index (χ4n) is 2.19. The Bertz CT molecular complexity index is 605. The van der Waals surface area contributed by atoms with E-state index in [0.29, 0.717) is 23.9 Å². The van der Waals surface area contributed by atoms with Gasteiger partial charge in [-0.3, -0.25) is 19.7 Å². The molecule has 1 aromatic rings. The summed E-state index contributed by atoms with van der Waals surface area (Å²) < 4.78 is 0.492. The summed E-state index contributed by atoms with van der Waals surface area (Å²) in [7, 11) is 1.68. The van der Waals surface area contributed by atoms with Gasteiger partial charge in [-0.05, 0) is 28.4 Å². The van der Waals surface area contributed by atoms with Gasteiger partial charge in [0.2, 0.25) is 5.91 Å². The van der Waals surface area contributed by atoms with E-state index in [9.17, 15) is 19.7 Å². The normalized spacial score (nSPS) is 18.5. The lowest BCUT2D eigenvalue weighted by molar-refractivity contribution is -0.384. The molecule has 8 heteroatoms. The van der Waals surface area contributed by atoms with Crippen LogP contribution in [-0.4, -0.2) is 41.3 Å². The van der Waals surface area contributed by atoms with Crippen LogP contribution in [0.4, 0.5) is 5.69 Å². The number of halogens is 1. The Morgan fingerprint density at radius 1 is 1.52 bits per heavy atom. The fraction of sp³-hybridized carbons (Fsp3) is 0.385. The Balaban J connectivity index is 2.11. The second-order valence-corrected chi connectivity index (χ2v) is 5.76. The molecule has 0 saturated carbocycles. The van der Waals surface area contributed by atoms with Crippen LogP contribution in [-0.2, 0) is 4.79 Å². The number of likely N-dealkylation sites (N-methyl/N-ethyl adjacent to an activating group) is 1. The number of hydrogen-bond acceptors (Lipinski definition) is 4. The molecule has 1 N–H and O–H groups in total. The molecule has 1 fully saturated rings. The van der Waals surface area contributed by atoms with E-state index in [-0.39, 0.29) is 23.2 Å². The maximum absolute atomic E-state index is 12.2. The topological polar surface area (TPSA) is 92.6 Å². The molecule has 1 aliphatic rings. The lowest BCUT2D eigenvalue weighted by Gasteiger charge is -2.30. The van der Waals surface area contributed by atoms with Gasteiger partial charge >= 0.3 is 0 Å². The third-order valence-corrected chi connectivity index (χ3v) is 4.06. The minimum Gasteiger partial charge on any atom is -0.347 e. The molecule has 21 heavy (non-hydrogen) atoms. The maximum Gasteiger partial charge on any atom is 0.270 e. The fourth-order valence-corrected chi connectivity index (χ4v) is 2.62. The van der Waals surface area contributed by atoms with Gasteiger partial charge in [0.1, 0.15) is 0 Å². The second-order valence-electron chi connectivity index (χ2n) is 4.90. The molecule has 0 radical (unpaired) electrons. The van der Waals surface area contributed by atoms with Crippen molar-refractivity contribution in [3.8, 4) is 0 Å². The van der Waals surface area contributed by atoms with Crippen LogP contribution in [0, 0.1) is 10.1 Å². The van der Waals surface area contributed by atoms with Crippen LogP contribution >= 0.6 is 15.9 Å². The van der Waals surface area contributed by atoms with Gasteiger partial charge < -0.3 is 10.2 Å². The van der Waals surface area contributed by atoms with Crippen LogP contribution in [0.1, 0.15) is 23.2 Å². The average molecular weight is 356 g/mol. The SMILES string of the molecule is CN1CC(NC(=O)c2cc([N+](=O)[O-])ccc2Br)CCC1=O. The van der Waals surface area contributed by atoms with Gasteiger partial charge in [0, 0.05) is 42.7 Å². The maximum atomic E-state index is 12.2. The first-order valence-electron chi connectivity index (χ1n) is 6.37. The molecule has 1 heterocycles. The van der Waals surface area contributed by atoms with Crippen molar-refractivity contribution >= 4 is 33.4 Å². The van der Waals surface area contributed by atoms with Crippen molar-refractivity contribution in [2.24, 2.45) is 0 Å². The number of nitrogens with zero attached hydrogens (tertiary/aromatic N) is 2. The predicted molar refractivity (Wildman–Crippen MR) is 78.9 cm³/mol. The van der Waals surface area contributed by atoms with Gasteiger partial charge in [-0.25, -0.2) is 0 Å². The summed E-state index contributed by atoms with van der Waals surface area (Å²) in [4.78, 5) is 35.4. The number of piperidine rings is 1. The van der Waals surface area contributed by atoms with Crippen molar-refractivity contribution in [3.63, 3.8) is 0 Å². The standard InChI is InChI=1S/C13H14BrN3O4/c1-16-7-8(2-5-12(16)18)15-13(19)10-6-9(17(20)21)3-4-11(10)14/h3-4,6,8H,2,5,7H2,1H3,(H,15,19). The molecule has 0 aliphatic carbocycles. The van der Waals surface area contributed by atoms with Crippen molar-refractivity contribution in [1.29, 1.82) is 0 Å². The Hall–Kier alpha value is -1.96. The summed E-state index contributed by atoms with van der Waals surface area (Å²) in [5.74, 6) is -0.338. The third kappa shape index (κ3) is 3.57. The zero-order valence-electron chi connectivity index (χ0n) is 11.3. The van der Waals surface area contributed by atoms with Crippen LogP contribution < -0.4 is 5.32 Å². The molecule has 1 saturated heterocycles. The number of nitrogens with one attached hydrogen (secondary N) is 1. The van der Waals surface area contributed by atoms with E-state index in [1.165, 1.54) is 18.2 Å². The first-order chi connectivity index (χ1) is 9.88. The average Bonchev–Trinajstić information content (AvgIpc) is 2.43. The number of nitro groups is 1. The molecule has 2 rings (SSSR count). The quantitative estimate of drug-likeness (QED) is 0.659. The van der Waals surface area contributed by atoms with E-state index in [4.69, 9.17) is 0 Å². The molecule has 1 aromatic carbocycles.